The van der Waals surface area contributed by atoms with E-state index in [0.717, 1.165) is 29.5 Å². The maximum absolute atomic E-state index is 12.6. The average Bonchev–Trinajstić information content (AvgIpc) is 3.43. The van der Waals surface area contributed by atoms with Gasteiger partial charge in [-0.15, -0.1) is 0 Å². The van der Waals surface area contributed by atoms with Crippen LogP contribution < -0.4 is 5.32 Å². The zero-order valence-electron chi connectivity index (χ0n) is 15.4. The van der Waals surface area contributed by atoms with Gasteiger partial charge in [0.05, 0.1) is 0 Å². The number of hydrogen-bond acceptors (Lipinski definition) is 5. The van der Waals surface area contributed by atoms with Gasteiger partial charge in [-0.3, -0.25) is 4.79 Å². The Morgan fingerprint density at radius 3 is 2.67 bits per heavy atom. The number of thioether (sulfide) groups is 1. The number of furan rings is 1. The first-order valence-electron chi connectivity index (χ1n) is 9.79. The highest BCUT2D eigenvalue weighted by atomic mass is 32.2. The van der Waals surface area contributed by atoms with E-state index >= 15 is 0 Å². The minimum absolute atomic E-state index is 0.235. The second-order valence-corrected chi connectivity index (χ2v) is 8.68. The fourth-order valence-electron chi connectivity index (χ4n) is 3.53. The molecule has 27 heavy (non-hydrogen) atoms. The van der Waals surface area contributed by atoms with E-state index in [1.807, 2.05) is 36.0 Å². The number of benzene rings is 1. The van der Waals surface area contributed by atoms with Crippen LogP contribution in [0.2, 0.25) is 0 Å². The largest absolute Gasteiger partial charge is 0.450 e. The summed E-state index contributed by atoms with van der Waals surface area (Å²) in [5, 5.41) is 4.41. The van der Waals surface area contributed by atoms with Gasteiger partial charge in [0.2, 0.25) is 5.76 Å². The lowest BCUT2D eigenvalue weighted by Crippen LogP contribution is -2.30. The number of amides is 1. The van der Waals surface area contributed by atoms with Gasteiger partial charge in [0, 0.05) is 28.0 Å². The first kappa shape index (κ1) is 18.4. The van der Waals surface area contributed by atoms with E-state index in [1.165, 1.54) is 32.1 Å². The molecule has 1 heterocycles. The van der Waals surface area contributed by atoms with E-state index in [9.17, 15) is 9.59 Å². The molecule has 0 spiro atoms. The topological polar surface area (TPSA) is 68.5 Å². The number of esters is 1. The molecular weight excluding hydrogens is 362 g/mol. The average molecular weight is 388 g/mol. The van der Waals surface area contributed by atoms with Crippen molar-refractivity contribution in [1.82, 2.24) is 5.32 Å². The quantitative estimate of drug-likeness (QED) is 0.712. The first-order chi connectivity index (χ1) is 13.2. The predicted octanol–water partition coefficient (Wildman–Crippen LogP) is 4.43. The minimum atomic E-state index is -0.559. The molecule has 2 fully saturated rings. The van der Waals surface area contributed by atoms with E-state index in [0.29, 0.717) is 10.8 Å². The second-order valence-electron chi connectivity index (χ2n) is 7.39. The van der Waals surface area contributed by atoms with Crippen LogP contribution in [0.25, 0.3) is 11.0 Å². The van der Waals surface area contributed by atoms with Gasteiger partial charge in [0.1, 0.15) is 5.58 Å². The number of fused-ring (bicyclic) bond motifs is 1. The maximum atomic E-state index is 12.6. The lowest BCUT2D eigenvalue weighted by molar-refractivity contribution is -0.124. The molecule has 1 aromatic carbocycles. The van der Waals surface area contributed by atoms with Gasteiger partial charge in [-0.1, -0.05) is 37.5 Å². The molecule has 4 rings (SSSR count). The van der Waals surface area contributed by atoms with Gasteiger partial charge in [0.25, 0.3) is 5.91 Å². The molecule has 0 radical (unpaired) electrons. The highest BCUT2D eigenvalue weighted by molar-refractivity contribution is 7.99. The summed E-state index contributed by atoms with van der Waals surface area (Å²) in [5.41, 5.74) is 1.57. The smallest absolute Gasteiger partial charge is 0.375 e. The van der Waals surface area contributed by atoms with Gasteiger partial charge in [-0.25, -0.2) is 4.79 Å². The molecule has 2 aromatic rings. The van der Waals surface area contributed by atoms with Crippen LogP contribution in [0.5, 0.6) is 0 Å². The van der Waals surface area contributed by atoms with Gasteiger partial charge in [-0.2, -0.15) is 11.8 Å². The van der Waals surface area contributed by atoms with Crippen LogP contribution in [0, 0.1) is 0 Å². The molecule has 6 heteroatoms. The summed E-state index contributed by atoms with van der Waals surface area (Å²) in [5.74, 6) is 0.149. The number of hydrogen-bond donors (Lipinski definition) is 1. The third-order valence-corrected chi connectivity index (χ3v) is 6.57. The molecule has 0 saturated heterocycles. The Kier molecular flexibility index (Phi) is 5.72. The van der Waals surface area contributed by atoms with Crippen molar-refractivity contribution in [3.63, 3.8) is 0 Å². The van der Waals surface area contributed by atoms with Crippen LogP contribution in [-0.4, -0.2) is 29.8 Å². The van der Waals surface area contributed by atoms with Crippen molar-refractivity contribution in [2.45, 2.75) is 62.0 Å². The molecule has 2 aliphatic rings. The van der Waals surface area contributed by atoms with Crippen LogP contribution in [0.4, 0.5) is 0 Å². The van der Waals surface area contributed by atoms with E-state index in [1.54, 1.807) is 0 Å². The van der Waals surface area contributed by atoms with Gasteiger partial charge < -0.3 is 14.5 Å². The highest BCUT2D eigenvalue weighted by Gasteiger charge is 2.26. The Morgan fingerprint density at radius 2 is 1.89 bits per heavy atom. The summed E-state index contributed by atoms with van der Waals surface area (Å²) >= 11 is 1.90. The predicted molar refractivity (Wildman–Crippen MR) is 106 cm³/mol. The number of rotatable bonds is 7. The van der Waals surface area contributed by atoms with Gasteiger partial charge in [-0.05, 0) is 31.7 Å². The van der Waals surface area contributed by atoms with Crippen molar-refractivity contribution in [3.05, 3.63) is 35.6 Å². The maximum Gasteiger partial charge on any atom is 0.375 e. The fourth-order valence-corrected chi connectivity index (χ4v) is 4.89. The number of nitrogens with one attached hydrogen (secondary N) is 1. The molecule has 1 amide bonds. The Morgan fingerprint density at radius 1 is 1.11 bits per heavy atom. The Bertz CT molecular complexity index is 821. The summed E-state index contributed by atoms with van der Waals surface area (Å²) < 4.78 is 11.0. The molecule has 5 nitrogen and oxygen atoms in total. The normalized spacial score (nSPS) is 17.8. The minimum Gasteiger partial charge on any atom is -0.450 e. The van der Waals surface area contributed by atoms with Gasteiger partial charge in [0.15, 0.2) is 6.61 Å². The molecule has 0 bridgehead atoms. The molecule has 2 aliphatic carbocycles. The number of carbonyl (C=O) groups is 2. The monoisotopic (exact) mass is 387 g/mol. The van der Waals surface area contributed by atoms with Crippen molar-refractivity contribution in [2.75, 3.05) is 6.61 Å². The lowest BCUT2D eigenvalue weighted by atomic mass is 10.0. The van der Waals surface area contributed by atoms with Crippen LogP contribution >= 0.6 is 11.8 Å². The molecule has 2 saturated carbocycles. The van der Waals surface area contributed by atoms with Crippen LogP contribution in [-0.2, 0) is 15.3 Å². The van der Waals surface area contributed by atoms with E-state index in [-0.39, 0.29) is 24.3 Å². The zero-order valence-corrected chi connectivity index (χ0v) is 16.2. The van der Waals surface area contributed by atoms with Crippen molar-refractivity contribution >= 4 is 34.6 Å². The fraction of sp³-hybridized carbons (Fsp3) is 0.524. The molecule has 0 atom stereocenters. The number of para-hydroxylation sites is 1. The zero-order chi connectivity index (χ0) is 18.6. The molecule has 144 valence electrons. The Balaban J connectivity index is 1.46. The lowest BCUT2D eigenvalue weighted by Gasteiger charge is -2.20. The van der Waals surface area contributed by atoms with E-state index in [2.05, 4.69) is 5.32 Å². The summed E-state index contributed by atoms with van der Waals surface area (Å²) in [6, 6.07) is 7.93. The van der Waals surface area contributed by atoms with Crippen LogP contribution in [0.15, 0.2) is 28.7 Å². The highest BCUT2D eigenvalue weighted by Crippen LogP contribution is 2.35. The van der Waals surface area contributed by atoms with Crippen molar-refractivity contribution in [2.24, 2.45) is 0 Å². The Hall–Kier alpha value is -1.95. The molecule has 0 unspecified atom stereocenters. The van der Waals surface area contributed by atoms with Crippen molar-refractivity contribution in [1.29, 1.82) is 0 Å². The van der Waals surface area contributed by atoms with Gasteiger partial charge >= 0.3 is 5.97 Å². The molecule has 0 aliphatic heterocycles. The molecular formula is C21H25NO4S. The van der Waals surface area contributed by atoms with Crippen LogP contribution in [0.1, 0.15) is 61.1 Å². The standard InChI is InChI=1S/C21H25NO4S/c23-19(22-14-10-11-14)12-25-21(24)20-17(13-27-15-6-2-1-3-7-15)16-8-4-5-9-18(16)26-20/h4-5,8-9,14-15H,1-3,6-7,10-13H2,(H,22,23). The van der Waals surface area contributed by atoms with E-state index in [4.69, 9.17) is 9.15 Å². The van der Waals surface area contributed by atoms with Crippen molar-refractivity contribution < 1.29 is 18.7 Å². The van der Waals surface area contributed by atoms with Crippen molar-refractivity contribution in [3.8, 4) is 0 Å². The molecule has 1 aromatic heterocycles. The third kappa shape index (κ3) is 4.67. The number of ether oxygens (including phenoxy) is 1. The number of carbonyl (C=O) groups excluding carboxylic acids is 2. The van der Waals surface area contributed by atoms with E-state index < -0.39 is 5.97 Å². The Labute approximate surface area is 163 Å². The van der Waals surface area contributed by atoms with Crippen LogP contribution in [0.3, 0.4) is 0 Å². The summed E-state index contributed by atoms with van der Waals surface area (Å²) in [6.45, 7) is -0.262. The second kappa shape index (κ2) is 8.38. The summed E-state index contributed by atoms with van der Waals surface area (Å²) in [4.78, 5) is 24.4. The SMILES string of the molecule is O=C(COC(=O)c1oc2ccccc2c1CSC1CCCCC1)NC1CC1. The summed E-state index contributed by atoms with van der Waals surface area (Å²) in [6.07, 6.45) is 8.39. The first-order valence-corrected chi connectivity index (χ1v) is 10.8. The third-order valence-electron chi connectivity index (χ3n) is 5.18. The molecule has 1 N–H and O–H groups in total. The summed E-state index contributed by atoms with van der Waals surface area (Å²) in [7, 11) is 0.